The molecule has 1 saturated heterocycles. The number of piperidine rings is 1. The van der Waals surface area contributed by atoms with Gasteiger partial charge in [-0.05, 0) is 33.1 Å². The fourth-order valence-corrected chi connectivity index (χ4v) is 3.44. The smallest absolute Gasteiger partial charge is 0.359 e. The second-order valence-corrected chi connectivity index (χ2v) is 6.91. The highest BCUT2D eigenvalue weighted by Crippen LogP contribution is 2.34. The number of nitrogens with two attached hydrogens (primary N) is 1. The van der Waals surface area contributed by atoms with Gasteiger partial charge in [0.05, 0.1) is 10.7 Å². The van der Waals surface area contributed by atoms with Crippen molar-refractivity contribution in [3.05, 3.63) is 20.9 Å². The lowest BCUT2D eigenvalue weighted by Gasteiger charge is -2.38. The number of aromatic nitrogens is 1. The third-order valence-electron chi connectivity index (χ3n) is 4.07. The van der Waals surface area contributed by atoms with Crippen LogP contribution in [0.4, 0.5) is 5.69 Å². The summed E-state index contributed by atoms with van der Waals surface area (Å²) in [5.74, 6) is -1.14. The van der Waals surface area contributed by atoms with Crippen molar-refractivity contribution in [2.45, 2.75) is 45.2 Å². The number of rotatable bonds is 3. The first-order chi connectivity index (χ1) is 11.2. The molecule has 2 rings (SSSR count). The molecule has 9 heteroatoms. The van der Waals surface area contributed by atoms with E-state index in [-0.39, 0.29) is 44.6 Å². The molecule has 2 N–H and O–H groups in total. The molecule has 1 fully saturated rings. The minimum absolute atomic E-state index is 0.0368. The maximum atomic E-state index is 12.4. The molecule has 24 heavy (non-hydrogen) atoms. The van der Waals surface area contributed by atoms with E-state index in [1.807, 2.05) is 13.8 Å². The molecule has 0 spiro atoms. The lowest BCUT2D eigenvalue weighted by Crippen LogP contribution is -2.49. The first-order valence-corrected chi connectivity index (χ1v) is 8.65. The summed E-state index contributed by atoms with van der Waals surface area (Å²) in [6.07, 6.45) is 2.94. The topological polar surface area (TPSA) is 85.5 Å². The van der Waals surface area contributed by atoms with E-state index in [9.17, 15) is 9.59 Å². The molecule has 6 nitrogen and oxygen atoms in total. The normalized spacial score (nSPS) is 20.8. The Bertz CT molecular complexity index is 659. The van der Waals surface area contributed by atoms with E-state index in [0.29, 0.717) is 0 Å². The van der Waals surface area contributed by atoms with Crippen molar-refractivity contribution in [2.24, 2.45) is 0 Å². The molecule has 0 radical (unpaired) electrons. The second-order valence-electron chi connectivity index (χ2n) is 5.80. The molecule has 1 aliphatic heterocycles. The SMILES string of the molecule is C[C@@H]1CCC[C@@H](C)N1C(=O)COC(=O)c1nc(Cl)c(Cl)c(N)c1Cl. The highest BCUT2D eigenvalue weighted by Gasteiger charge is 2.30. The van der Waals surface area contributed by atoms with Crippen LogP contribution in [0.2, 0.25) is 15.2 Å². The predicted octanol–water partition coefficient (Wildman–Crippen LogP) is 3.57. The van der Waals surface area contributed by atoms with E-state index < -0.39 is 12.6 Å². The number of ether oxygens (including phenoxy) is 1. The van der Waals surface area contributed by atoms with Crippen LogP contribution in [0.5, 0.6) is 0 Å². The first-order valence-electron chi connectivity index (χ1n) is 7.52. The van der Waals surface area contributed by atoms with Gasteiger partial charge in [0.1, 0.15) is 5.02 Å². The molecular weight excluding hydrogens is 377 g/mol. The van der Waals surface area contributed by atoms with Gasteiger partial charge in [-0.15, -0.1) is 0 Å². The number of esters is 1. The molecule has 1 aromatic heterocycles. The number of carbonyl (C=O) groups is 2. The van der Waals surface area contributed by atoms with E-state index in [1.165, 1.54) is 0 Å². The minimum atomic E-state index is -0.879. The monoisotopic (exact) mass is 393 g/mol. The Balaban J connectivity index is 2.07. The van der Waals surface area contributed by atoms with E-state index in [2.05, 4.69) is 4.98 Å². The highest BCUT2D eigenvalue weighted by atomic mass is 35.5. The Labute approximate surface area is 155 Å². The summed E-state index contributed by atoms with van der Waals surface area (Å²) in [7, 11) is 0. The number of nitrogens with zero attached hydrogens (tertiary/aromatic N) is 2. The molecule has 0 aromatic carbocycles. The van der Waals surface area contributed by atoms with Gasteiger partial charge in [-0.25, -0.2) is 9.78 Å². The summed E-state index contributed by atoms with van der Waals surface area (Å²) in [4.78, 5) is 30.0. The average Bonchev–Trinajstić information content (AvgIpc) is 2.53. The Kier molecular flexibility index (Phi) is 6.17. The number of anilines is 1. The van der Waals surface area contributed by atoms with Crippen molar-refractivity contribution < 1.29 is 14.3 Å². The Morgan fingerprint density at radius 1 is 1.21 bits per heavy atom. The van der Waals surface area contributed by atoms with Crippen molar-refractivity contribution >= 4 is 52.4 Å². The third-order valence-corrected chi connectivity index (χ3v) is 5.21. The van der Waals surface area contributed by atoms with E-state index in [1.54, 1.807) is 4.90 Å². The molecule has 132 valence electrons. The van der Waals surface area contributed by atoms with Gasteiger partial charge in [0.25, 0.3) is 5.91 Å². The van der Waals surface area contributed by atoms with Gasteiger partial charge in [0.2, 0.25) is 0 Å². The molecule has 2 atom stereocenters. The molecule has 1 aromatic rings. The van der Waals surface area contributed by atoms with Crippen molar-refractivity contribution in [1.29, 1.82) is 0 Å². The van der Waals surface area contributed by atoms with E-state index in [4.69, 9.17) is 45.3 Å². The van der Waals surface area contributed by atoms with Crippen LogP contribution in [0.15, 0.2) is 0 Å². The number of nitrogen functional groups attached to an aromatic ring is 1. The van der Waals surface area contributed by atoms with Crippen molar-refractivity contribution in [2.75, 3.05) is 12.3 Å². The first kappa shape index (κ1) is 19.1. The Hall–Kier alpha value is -1.24. The highest BCUT2D eigenvalue weighted by molar-refractivity contribution is 6.46. The summed E-state index contributed by atoms with van der Waals surface area (Å²) < 4.78 is 5.04. The van der Waals surface area contributed by atoms with Gasteiger partial charge in [-0.1, -0.05) is 34.8 Å². The van der Waals surface area contributed by atoms with Crippen LogP contribution in [0.1, 0.15) is 43.6 Å². The second kappa shape index (κ2) is 7.76. The van der Waals surface area contributed by atoms with Crippen LogP contribution in [0.25, 0.3) is 0 Å². The molecule has 2 heterocycles. The Morgan fingerprint density at radius 3 is 2.38 bits per heavy atom. The van der Waals surface area contributed by atoms with Crippen LogP contribution in [-0.2, 0) is 9.53 Å². The van der Waals surface area contributed by atoms with Crippen molar-refractivity contribution in [3.8, 4) is 0 Å². The fourth-order valence-electron chi connectivity index (χ4n) is 2.85. The van der Waals surface area contributed by atoms with Gasteiger partial charge < -0.3 is 15.4 Å². The molecule has 1 aliphatic rings. The zero-order valence-electron chi connectivity index (χ0n) is 13.3. The van der Waals surface area contributed by atoms with Crippen LogP contribution >= 0.6 is 34.8 Å². The average molecular weight is 395 g/mol. The summed E-state index contributed by atoms with van der Waals surface area (Å²) in [5.41, 5.74) is 5.33. The number of likely N-dealkylation sites (tertiary alicyclic amines) is 1. The van der Waals surface area contributed by atoms with E-state index in [0.717, 1.165) is 19.3 Å². The summed E-state index contributed by atoms with van der Waals surface area (Å²) in [6, 6.07) is 0.226. The number of halogens is 3. The minimum Gasteiger partial charge on any atom is -0.451 e. The fraction of sp³-hybridized carbons (Fsp3) is 0.533. The van der Waals surface area contributed by atoms with Gasteiger partial charge >= 0.3 is 5.97 Å². The van der Waals surface area contributed by atoms with Crippen LogP contribution in [0.3, 0.4) is 0 Å². The van der Waals surface area contributed by atoms with Gasteiger partial charge in [-0.3, -0.25) is 4.79 Å². The van der Waals surface area contributed by atoms with Crippen LogP contribution < -0.4 is 5.73 Å². The molecule has 1 amide bonds. The van der Waals surface area contributed by atoms with Crippen molar-refractivity contribution in [3.63, 3.8) is 0 Å². The Morgan fingerprint density at radius 2 is 1.79 bits per heavy atom. The van der Waals surface area contributed by atoms with E-state index >= 15 is 0 Å². The maximum Gasteiger partial charge on any atom is 0.359 e. The summed E-state index contributed by atoms with van der Waals surface area (Å²) in [5, 5.41) is -0.345. The number of carbonyl (C=O) groups excluding carboxylic acids is 2. The standard InChI is InChI=1S/C15H18Cl3N3O3/c1-7-4-3-5-8(2)21(7)9(22)6-24-15(23)13-10(16)12(19)11(17)14(18)20-13/h7-8H,3-6H2,1-2H3,(H2,19,20)/t7-,8-/m1/s1. The number of hydrogen-bond donors (Lipinski definition) is 1. The number of amides is 1. The molecule has 0 bridgehead atoms. The molecule has 0 unspecified atom stereocenters. The third kappa shape index (κ3) is 3.87. The maximum absolute atomic E-state index is 12.4. The summed E-state index contributed by atoms with van der Waals surface area (Å²) in [6.45, 7) is 3.56. The zero-order valence-corrected chi connectivity index (χ0v) is 15.6. The molecular formula is C15H18Cl3N3O3. The van der Waals surface area contributed by atoms with Crippen LogP contribution in [-0.4, -0.2) is 40.5 Å². The number of pyridine rings is 1. The van der Waals surface area contributed by atoms with Crippen LogP contribution in [0, 0.1) is 0 Å². The summed E-state index contributed by atoms with van der Waals surface area (Å²) >= 11 is 17.5. The van der Waals surface area contributed by atoms with Gasteiger partial charge in [0, 0.05) is 12.1 Å². The lowest BCUT2D eigenvalue weighted by molar-refractivity contribution is -0.140. The molecule has 0 aliphatic carbocycles. The molecule has 0 saturated carbocycles. The van der Waals surface area contributed by atoms with Crippen molar-refractivity contribution in [1.82, 2.24) is 9.88 Å². The van der Waals surface area contributed by atoms with Gasteiger partial charge in [0.15, 0.2) is 17.5 Å². The predicted molar refractivity (Wildman–Crippen MR) is 93.6 cm³/mol. The lowest BCUT2D eigenvalue weighted by atomic mass is 9.97. The largest absolute Gasteiger partial charge is 0.451 e. The van der Waals surface area contributed by atoms with Gasteiger partial charge in [-0.2, -0.15) is 0 Å². The zero-order chi connectivity index (χ0) is 18.0. The quantitative estimate of drug-likeness (QED) is 0.625. The number of hydrogen-bond acceptors (Lipinski definition) is 5.